The number of carboxylic acids is 1. The maximum absolute atomic E-state index is 10.9. The molecule has 5 nitrogen and oxygen atoms in total. The molecule has 0 aromatic heterocycles. The van der Waals surface area contributed by atoms with Crippen molar-refractivity contribution in [3.8, 4) is 0 Å². The van der Waals surface area contributed by atoms with E-state index in [4.69, 9.17) is 5.11 Å². The van der Waals surface area contributed by atoms with Crippen LogP contribution < -0.4 is 5.32 Å². The van der Waals surface area contributed by atoms with Crippen LogP contribution >= 0.6 is 0 Å². The van der Waals surface area contributed by atoms with Gasteiger partial charge in [0.1, 0.15) is 0 Å². The lowest BCUT2D eigenvalue weighted by molar-refractivity contribution is -0.131. The predicted octanol–water partition coefficient (Wildman–Crippen LogP) is -0.486. The van der Waals surface area contributed by atoms with Gasteiger partial charge in [0.15, 0.2) is 0 Å². The first-order valence-corrected chi connectivity index (χ1v) is 4.46. The van der Waals surface area contributed by atoms with Gasteiger partial charge in [-0.3, -0.25) is 4.79 Å². The molecule has 0 bridgehead atoms. The van der Waals surface area contributed by atoms with E-state index in [1.165, 1.54) is 0 Å². The number of hydrogen-bond donors (Lipinski definition) is 3. The highest BCUT2D eigenvalue weighted by Gasteiger charge is 2.29. The summed E-state index contributed by atoms with van der Waals surface area (Å²) >= 11 is 0. The summed E-state index contributed by atoms with van der Waals surface area (Å²) in [4.78, 5) is 21.0. The predicted molar refractivity (Wildman–Crippen MR) is 48.5 cm³/mol. The van der Waals surface area contributed by atoms with Gasteiger partial charge in [-0.25, -0.2) is 4.79 Å². The number of carbonyl (C=O) groups is 2. The molecule has 1 rings (SSSR count). The highest BCUT2D eigenvalue weighted by Crippen LogP contribution is 2.32. The second-order valence-electron chi connectivity index (χ2n) is 3.32. The van der Waals surface area contributed by atoms with Crippen molar-refractivity contribution in [2.75, 3.05) is 6.54 Å². The van der Waals surface area contributed by atoms with Gasteiger partial charge in [-0.15, -0.1) is 0 Å². The summed E-state index contributed by atoms with van der Waals surface area (Å²) in [7, 11) is 0. The number of hydrogen-bond acceptors (Lipinski definition) is 3. The van der Waals surface area contributed by atoms with Gasteiger partial charge in [0.25, 0.3) is 0 Å². The first-order chi connectivity index (χ1) is 6.59. The number of carbonyl (C=O) groups excluding carboxylic acids is 1. The molecule has 0 aromatic rings. The van der Waals surface area contributed by atoms with Crippen molar-refractivity contribution in [2.24, 2.45) is 5.92 Å². The second-order valence-corrected chi connectivity index (χ2v) is 3.32. The lowest BCUT2D eigenvalue weighted by atomic mass is 10.2. The maximum atomic E-state index is 10.9. The molecule has 0 heterocycles. The first-order valence-electron chi connectivity index (χ1n) is 4.46. The fourth-order valence-corrected chi connectivity index (χ4v) is 1.06. The normalized spacial score (nSPS) is 18.1. The molecule has 1 fully saturated rings. The number of aliphatic hydroxyl groups excluding tert-OH is 1. The van der Waals surface area contributed by atoms with Crippen LogP contribution in [-0.2, 0) is 9.59 Å². The standard InChI is InChI=1S/C9H13NO4/c11-7(6-1-2-6)5-10-8(12)3-4-9(13)14/h3-4,6-7,11H,1-2,5H2,(H,10,12)(H,13,14). The summed E-state index contributed by atoms with van der Waals surface area (Å²) in [5.74, 6) is -1.35. The molecular formula is C9H13NO4. The van der Waals surface area contributed by atoms with Crippen LogP contribution in [0.2, 0.25) is 0 Å². The molecule has 1 aliphatic carbocycles. The number of carboxylic acid groups (broad SMARTS) is 1. The quantitative estimate of drug-likeness (QED) is 0.522. The minimum atomic E-state index is -1.16. The third-order valence-corrected chi connectivity index (χ3v) is 2.03. The molecule has 0 radical (unpaired) electrons. The van der Waals surface area contributed by atoms with Crippen LogP contribution in [0.4, 0.5) is 0 Å². The van der Waals surface area contributed by atoms with Crippen molar-refractivity contribution >= 4 is 11.9 Å². The number of aliphatic carboxylic acids is 1. The van der Waals surface area contributed by atoms with Gasteiger partial charge in [0.2, 0.25) is 5.91 Å². The zero-order valence-corrected chi connectivity index (χ0v) is 7.64. The van der Waals surface area contributed by atoms with E-state index in [-0.39, 0.29) is 6.54 Å². The maximum Gasteiger partial charge on any atom is 0.328 e. The van der Waals surface area contributed by atoms with Crippen LogP contribution in [0.5, 0.6) is 0 Å². The Hall–Kier alpha value is -1.36. The number of nitrogens with one attached hydrogen (secondary N) is 1. The van der Waals surface area contributed by atoms with E-state index in [1.54, 1.807) is 0 Å². The lowest BCUT2D eigenvalue weighted by Crippen LogP contribution is -2.32. The largest absolute Gasteiger partial charge is 0.478 e. The summed E-state index contributed by atoms with van der Waals surface area (Å²) in [6.45, 7) is 0.188. The van der Waals surface area contributed by atoms with Crippen LogP contribution in [0.1, 0.15) is 12.8 Å². The molecule has 0 aliphatic heterocycles. The Balaban J connectivity index is 2.16. The lowest BCUT2D eigenvalue weighted by Gasteiger charge is -2.08. The molecule has 1 atom stereocenters. The molecule has 1 saturated carbocycles. The van der Waals surface area contributed by atoms with Crippen molar-refractivity contribution in [1.82, 2.24) is 5.32 Å². The Labute approximate surface area is 81.4 Å². The van der Waals surface area contributed by atoms with Crippen molar-refractivity contribution in [2.45, 2.75) is 18.9 Å². The highest BCUT2D eigenvalue weighted by atomic mass is 16.4. The van der Waals surface area contributed by atoms with Crippen LogP contribution in [0, 0.1) is 5.92 Å². The van der Waals surface area contributed by atoms with Crippen molar-refractivity contribution in [3.05, 3.63) is 12.2 Å². The molecule has 1 amide bonds. The molecule has 5 heteroatoms. The van der Waals surface area contributed by atoms with Crippen LogP contribution in [-0.4, -0.2) is 34.7 Å². The first kappa shape index (κ1) is 10.7. The van der Waals surface area contributed by atoms with E-state index in [0.29, 0.717) is 5.92 Å². The Morgan fingerprint density at radius 3 is 2.57 bits per heavy atom. The average Bonchev–Trinajstić information content (AvgIpc) is 2.93. The van der Waals surface area contributed by atoms with Crippen molar-refractivity contribution < 1.29 is 19.8 Å². The molecular weight excluding hydrogens is 186 g/mol. The topological polar surface area (TPSA) is 86.6 Å². The minimum absolute atomic E-state index is 0.188. The highest BCUT2D eigenvalue weighted by molar-refractivity contribution is 5.93. The summed E-state index contributed by atoms with van der Waals surface area (Å²) in [6.07, 6.45) is 3.20. The van der Waals surface area contributed by atoms with Gasteiger partial charge in [-0.05, 0) is 18.8 Å². The van der Waals surface area contributed by atoms with Gasteiger partial charge in [0, 0.05) is 18.7 Å². The fraction of sp³-hybridized carbons (Fsp3) is 0.556. The van der Waals surface area contributed by atoms with Gasteiger partial charge >= 0.3 is 5.97 Å². The smallest absolute Gasteiger partial charge is 0.328 e. The molecule has 1 aliphatic rings. The third kappa shape index (κ3) is 4.04. The zero-order valence-electron chi connectivity index (χ0n) is 7.64. The van der Waals surface area contributed by atoms with E-state index < -0.39 is 18.0 Å². The summed E-state index contributed by atoms with van der Waals surface area (Å²) in [5.41, 5.74) is 0. The Kier molecular flexibility index (Phi) is 3.64. The van der Waals surface area contributed by atoms with Gasteiger partial charge in [-0.1, -0.05) is 0 Å². The molecule has 1 unspecified atom stereocenters. The fourth-order valence-electron chi connectivity index (χ4n) is 1.06. The number of aliphatic hydroxyl groups is 1. The van der Waals surface area contributed by atoms with Crippen LogP contribution in [0.3, 0.4) is 0 Å². The molecule has 0 aromatic carbocycles. The summed E-state index contributed by atoms with van der Waals surface area (Å²) in [5, 5.41) is 20.0. The molecule has 3 N–H and O–H groups in total. The van der Waals surface area contributed by atoms with E-state index in [2.05, 4.69) is 5.32 Å². The Morgan fingerprint density at radius 1 is 1.43 bits per heavy atom. The monoisotopic (exact) mass is 199 g/mol. The zero-order chi connectivity index (χ0) is 10.6. The Bertz CT molecular complexity index is 258. The van der Waals surface area contributed by atoms with Gasteiger partial charge < -0.3 is 15.5 Å². The summed E-state index contributed by atoms with van der Waals surface area (Å²) in [6, 6.07) is 0. The molecule has 0 spiro atoms. The number of amides is 1. The Morgan fingerprint density at radius 2 is 2.07 bits per heavy atom. The van der Waals surface area contributed by atoms with E-state index >= 15 is 0 Å². The number of rotatable bonds is 5. The molecule has 0 saturated heterocycles. The minimum Gasteiger partial charge on any atom is -0.478 e. The van der Waals surface area contributed by atoms with Crippen LogP contribution in [0.15, 0.2) is 12.2 Å². The van der Waals surface area contributed by atoms with Gasteiger partial charge in [0.05, 0.1) is 6.10 Å². The van der Waals surface area contributed by atoms with E-state index in [9.17, 15) is 14.7 Å². The SMILES string of the molecule is O=C(O)C=CC(=O)NCC(O)C1CC1. The summed E-state index contributed by atoms with van der Waals surface area (Å²) < 4.78 is 0. The van der Waals surface area contributed by atoms with E-state index in [0.717, 1.165) is 25.0 Å². The van der Waals surface area contributed by atoms with E-state index in [1.807, 2.05) is 0 Å². The van der Waals surface area contributed by atoms with Crippen molar-refractivity contribution in [1.29, 1.82) is 0 Å². The van der Waals surface area contributed by atoms with Crippen LogP contribution in [0.25, 0.3) is 0 Å². The molecule has 78 valence electrons. The third-order valence-electron chi connectivity index (χ3n) is 2.03. The van der Waals surface area contributed by atoms with Crippen molar-refractivity contribution in [3.63, 3.8) is 0 Å². The van der Waals surface area contributed by atoms with Gasteiger partial charge in [-0.2, -0.15) is 0 Å². The average molecular weight is 199 g/mol. The second kappa shape index (κ2) is 4.76. The molecule has 14 heavy (non-hydrogen) atoms.